The van der Waals surface area contributed by atoms with Crippen LogP contribution in [0.4, 0.5) is 11.4 Å². The van der Waals surface area contributed by atoms with E-state index in [0.29, 0.717) is 10.6 Å². The minimum absolute atomic E-state index is 0.0511. The molecule has 5 nitrogen and oxygen atoms in total. The van der Waals surface area contributed by atoms with E-state index in [1.807, 2.05) is 0 Å². The number of rotatable bonds is 4. The van der Waals surface area contributed by atoms with Crippen LogP contribution in [0.5, 0.6) is 0 Å². The number of anilines is 2. The highest BCUT2D eigenvalue weighted by molar-refractivity contribution is 7.81. The molecule has 0 amide bonds. The van der Waals surface area contributed by atoms with E-state index < -0.39 is 17.2 Å². The monoisotopic (exact) mass is 309 g/mol. The van der Waals surface area contributed by atoms with Crippen molar-refractivity contribution < 1.29 is 18.7 Å². The highest BCUT2D eigenvalue weighted by Crippen LogP contribution is 2.30. The molecule has 20 heavy (non-hydrogen) atoms. The molecular weight excluding hydrogens is 298 g/mol. The molecule has 0 radical (unpaired) electrons. The first-order valence-corrected chi connectivity index (χ1v) is 7.04. The number of thiol groups is 1. The summed E-state index contributed by atoms with van der Waals surface area (Å²) in [7, 11) is 0. The molecule has 0 aliphatic rings. The van der Waals surface area contributed by atoms with E-state index in [-0.39, 0.29) is 11.3 Å². The second-order valence-electron chi connectivity index (χ2n) is 3.86. The number of nitrogens with zero attached hydrogens (tertiary/aromatic N) is 1. The first-order chi connectivity index (χ1) is 9.50. The maximum Gasteiger partial charge on any atom is 0.337 e. The Morgan fingerprint density at radius 3 is 2.25 bits per heavy atom. The molecule has 0 heterocycles. The molecule has 0 bridgehead atoms. The van der Waals surface area contributed by atoms with Crippen molar-refractivity contribution >= 4 is 41.2 Å². The Morgan fingerprint density at radius 2 is 1.70 bits per heavy atom. The number of aromatic carboxylic acids is 1. The van der Waals surface area contributed by atoms with E-state index in [1.165, 1.54) is 12.1 Å². The zero-order valence-electron chi connectivity index (χ0n) is 10.1. The largest absolute Gasteiger partial charge is 0.478 e. The van der Waals surface area contributed by atoms with Crippen LogP contribution in [-0.4, -0.2) is 19.8 Å². The van der Waals surface area contributed by atoms with Crippen molar-refractivity contribution in [3.8, 4) is 0 Å². The van der Waals surface area contributed by atoms with Crippen LogP contribution in [-0.2, 0) is 11.3 Å². The summed E-state index contributed by atoms with van der Waals surface area (Å²) in [6, 6.07) is 12.5. The van der Waals surface area contributed by atoms with Crippen LogP contribution in [0.2, 0.25) is 0 Å². The van der Waals surface area contributed by atoms with Gasteiger partial charge in [-0.15, -0.1) is 12.6 Å². The van der Waals surface area contributed by atoms with Crippen molar-refractivity contribution in [2.75, 3.05) is 4.31 Å². The molecule has 1 unspecified atom stereocenters. The van der Waals surface area contributed by atoms with Crippen LogP contribution in [0.25, 0.3) is 0 Å². The lowest BCUT2D eigenvalue weighted by atomic mass is 10.1. The van der Waals surface area contributed by atoms with Gasteiger partial charge in [-0.1, -0.05) is 12.1 Å². The van der Waals surface area contributed by atoms with Gasteiger partial charge in [0.2, 0.25) is 0 Å². The number of hydrogen-bond donors (Lipinski definition) is 3. The van der Waals surface area contributed by atoms with E-state index in [2.05, 4.69) is 12.6 Å². The standard InChI is InChI=1S/C13H11NO4S2/c15-13(16)11-3-1-2-4-12(11)14(20(17)18)9-5-7-10(19)8-6-9/h1-8,19H,(H,15,16)(H,17,18). The number of carboxylic acid groups (broad SMARTS) is 1. The first kappa shape index (κ1) is 14.6. The van der Waals surface area contributed by atoms with Gasteiger partial charge < -0.3 is 5.11 Å². The maximum atomic E-state index is 11.6. The van der Waals surface area contributed by atoms with Gasteiger partial charge in [-0.05, 0) is 36.4 Å². The first-order valence-electron chi connectivity index (χ1n) is 5.53. The van der Waals surface area contributed by atoms with E-state index in [4.69, 9.17) is 5.11 Å². The molecule has 0 aliphatic carbocycles. The predicted molar refractivity (Wildman–Crippen MR) is 80.0 cm³/mol. The summed E-state index contributed by atoms with van der Waals surface area (Å²) in [4.78, 5) is 11.9. The summed E-state index contributed by atoms with van der Waals surface area (Å²) in [6.45, 7) is 0. The molecule has 0 fully saturated rings. The molecule has 1 atom stereocenters. The number of benzene rings is 2. The summed E-state index contributed by atoms with van der Waals surface area (Å²) in [5, 5.41) is 9.17. The molecule has 7 heteroatoms. The third-order valence-electron chi connectivity index (χ3n) is 2.59. The molecule has 2 aromatic rings. The zero-order chi connectivity index (χ0) is 14.7. The lowest BCUT2D eigenvalue weighted by Crippen LogP contribution is -2.21. The Hall–Kier alpha value is -1.83. The lowest BCUT2D eigenvalue weighted by Gasteiger charge is -2.21. The number of carbonyl (C=O) groups is 1. The van der Waals surface area contributed by atoms with Crippen LogP contribution in [0.3, 0.4) is 0 Å². The number of hydrogen-bond acceptors (Lipinski definition) is 3. The Kier molecular flexibility index (Phi) is 4.43. The summed E-state index contributed by atoms with van der Waals surface area (Å²) >= 11 is 1.75. The normalized spacial score (nSPS) is 11.9. The topological polar surface area (TPSA) is 77.8 Å². The second-order valence-corrected chi connectivity index (χ2v) is 5.21. The molecule has 2 rings (SSSR count). The summed E-state index contributed by atoms with van der Waals surface area (Å²) < 4.78 is 22.1. The number of carboxylic acids is 1. The van der Waals surface area contributed by atoms with Crippen LogP contribution in [0, 0.1) is 0 Å². The predicted octanol–water partition coefficient (Wildman–Crippen LogP) is 2.95. The summed E-state index contributed by atoms with van der Waals surface area (Å²) in [6.07, 6.45) is 0. The highest BCUT2D eigenvalue weighted by atomic mass is 32.2. The maximum absolute atomic E-state index is 11.6. The molecular formula is C13H11NO4S2. The van der Waals surface area contributed by atoms with Crippen molar-refractivity contribution in [1.29, 1.82) is 0 Å². The molecule has 104 valence electrons. The summed E-state index contributed by atoms with van der Waals surface area (Å²) in [5.41, 5.74) is 0.495. The summed E-state index contributed by atoms with van der Waals surface area (Å²) in [5.74, 6) is -1.16. The van der Waals surface area contributed by atoms with Crippen LogP contribution >= 0.6 is 12.6 Å². The minimum Gasteiger partial charge on any atom is -0.478 e. The Labute approximate surface area is 123 Å². The average Bonchev–Trinajstić information content (AvgIpc) is 2.41. The quantitative estimate of drug-likeness (QED) is 0.599. The molecule has 0 aliphatic heterocycles. The zero-order valence-corrected chi connectivity index (χ0v) is 11.8. The van der Waals surface area contributed by atoms with Crippen molar-refractivity contribution in [1.82, 2.24) is 0 Å². The van der Waals surface area contributed by atoms with Gasteiger partial charge in [-0.3, -0.25) is 4.55 Å². The van der Waals surface area contributed by atoms with Gasteiger partial charge in [0.1, 0.15) is 0 Å². The molecule has 2 N–H and O–H groups in total. The van der Waals surface area contributed by atoms with Gasteiger partial charge in [-0.2, -0.15) is 0 Å². The van der Waals surface area contributed by atoms with Crippen LogP contribution in [0.1, 0.15) is 10.4 Å². The fourth-order valence-electron chi connectivity index (χ4n) is 1.73. The van der Waals surface area contributed by atoms with E-state index in [0.717, 1.165) is 4.31 Å². The molecule has 0 aromatic heterocycles. The Morgan fingerprint density at radius 1 is 1.10 bits per heavy atom. The fourth-order valence-corrected chi connectivity index (χ4v) is 2.51. The van der Waals surface area contributed by atoms with Gasteiger partial charge in [0.15, 0.2) is 0 Å². The van der Waals surface area contributed by atoms with Crippen LogP contribution < -0.4 is 4.31 Å². The molecule has 0 saturated carbocycles. The van der Waals surface area contributed by atoms with Crippen LogP contribution in [0.15, 0.2) is 53.4 Å². The Bertz CT molecular complexity index is 658. The number of para-hydroxylation sites is 1. The molecule has 0 saturated heterocycles. The third kappa shape index (κ3) is 3.01. The SMILES string of the molecule is O=C(O)c1ccccc1N(c1ccc(S)cc1)S(=O)O. The molecule has 2 aromatic carbocycles. The fraction of sp³-hybridized carbons (Fsp3) is 0. The highest BCUT2D eigenvalue weighted by Gasteiger charge is 2.21. The Balaban J connectivity index is 2.58. The second kappa shape index (κ2) is 6.08. The van der Waals surface area contributed by atoms with E-state index in [1.54, 1.807) is 36.4 Å². The smallest absolute Gasteiger partial charge is 0.337 e. The van der Waals surface area contributed by atoms with Gasteiger partial charge in [0.25, 0.3) is 11.3 Å². The minimum atomic E-state index is -2.39. The average molecular weight is 309 g/mol. The van der Waals surface area contributed by atoms with Crippen molar-refractivity contribution in [3.63, 3.8) is 0 Å². The van der Waals surface area contributed by atoms with Gasteiger partial charge >= 0.3 is 5.97 Å². The van der Waals surface area contributed by atoms with E-state index in [9.17, 15) is 13.6 Å². The van der Waals surface area contributed by atoms with Gasteiger partial charge in [0, 0.05) is 4.90 Å². The molecule has 0 spiro atoms. The van der Waals surface area contributed by atoms with E-state index >= 15 is 0 Å². The lowest BCUT2D eigenvalue weighted by molar-refractivity contribution is 0.0698. The van der Waals surface area contributed by atoms with Crippen molar-refractivity contribution in [3.05, 3.63) is 54.1 Å². The van der Waals surface area contributed by atoms with Crippen molar-refractivity contribution in [2.24, 2.45) is 0 Å². The van der Waals surface area contributed by atoms with Crippen molar-refractivity contribution in [2.45, 2.75) is 4.90 Å². The van der Waals surface area contributed by atoms with Gasteiger partial charge in [-0.25, -0.2) is 13.3 Å². The van der Waals surface area contributed by atoms with Gasteiger partial charge in [0.05, 0.1) is 16.9 Å². The third-order valence-corrected chi connectivity index (χ3v) is 3.61.